The van der Waals surface area contributed by atoms with Crippen molar-refractivity contribution in [2.45, 2.75) is 12.1 Å². The van der Waals surface area contributed by atoms with Gasteiger partial charge in [0.15, 0.2) is 0 Å². The fraction of sp³-hybridized carbons (Fsp3) is 0.278. The number of nitriles is 1. The predicted molar refractivity (Wildman–Crippen MR) is 81.5 cm³/mol. The lowest BCUT2D eigenvalue weighted by Crippen LogP contribution is -2.40. The van der Waals surface area contributed by atoms with Crippen LogP contribution in [0.25, 0.3) is 0 Å². The quantitative estimate of drug-likeness (QED) is 0.870. The number of nitrogens with zero attached hydrogens (tertiary/aromatic N) is 2. The monoisotopic (exact) mass is 296 g/mol. The maximum Gasteiger partial charge on any atom is 0.124 e. The van der Waals surface area contributed by atoms with E-state index in [0.717, 1.165) is 5.56 Å². The number of rotatable bonds is 3. The van der Waals surface area contributed by atoms with Gasteiger partial charge >= 0.3 is 0 Å². The van der Waals surface area contributed by atoms with Gasteiger partial charge in [-0.05, 0) is 23.3 Å². The van der Waals surface area contributed by atoms with Crippen molar-refractivity contribution in [3.63, 3.8) is 0 Å². The predicted octanol–water partition coefficient (Wildman–Crippen LogP) is 3.46. The van der Waals surface area contributed by atoms with Crippen LogP contribution in [0.4, 0.5) is 4.39 Å². The van der Waals surface area contributed by atoms with Crippen LogP contribution in [-0.4, -0.2) is 24.6 Å². The van der Waals surface area contributed by atoms with Gasteiger partial charge in [0.2, 0.25) is 0 Å². The smallest absolute Gasteiger partial charge is 0.124 e. The molecule has 0 unspecified atom stereocenters. The number of benzene rings is 2. The fourth-order valence-corrected chi connectivity index (χ4v) is 2.82. The maximum absolute atomic E-state index is 13.4. The van der Waals surface area contributed by atoms with Crippen LogP contribution in [0, 0.1) is 17.1 Å². The van der Waals surface area contributed by atoms with E-state index < -0.39 is 6.04 Å². The highest BCUT2D eigenvalue weighted by atomic mass is 19.1. The number of ether oxygens (including phenoxy) is 1. The average molecular weight is 296 g/mol. The van der Waals surface area contributed by atoms with E-state index in [1.807, 2.05) is 30.3 Å². The molecule has 0 bridgehead atoms. The summed E-state index contributed by atoms with van der Waals surface area (Å²) in [7, 11) is 0. The molecule has 1 heterocycles. The first kappa shape index (κ1) is 14.7. The Morgan fingerprint density at radius 3 is 2.73 bits per heavy atom. The highest BCUT2D eigenvalue weighted by Gasteiger charge is 2.28. The number of hydrogen-bond donors (Lipinski definition) is 0. The van der Waals surface area contributed by atoms with E-state index in [2.05, 4.69) is 11.0 Å². The molecule has 1 fully saturated rings. The summed E-state index contributed by atoms with van der Waals surface area (Å²) >= 11 is 0. The Hall–Kier alpha value is -2.22. The molecule has 1 saturated heterocycles. The van der Waals surface area contributed by atoms with Gasteiger partial charge in [0, 0.05) is 13.1 Å². The van der Waals surface area contributed by atoms with E-state index in [-0.39, 0.29) is 11.9 Å². The zero-order chi connectivity index (χ0) is 15.4. The summed E-state index contributed by atoms with van der Waals surface area (Å²) in [5.41, 5.74) is 1.79. The molecule has 22 heavy (non-hydrogen) atoms. The number of morpholine rings is 1. The van der Waals surface area contributed by atoms with Gasteiger partial charge in [-0.1, -0.05) is 42.5 Å². The second-order valence-electron chi connectivity index (χ2n) is 5.35. The summed E-state index contributed by atoms with van der Waals surface area (Å²) < 4.78 is 19.2. The van der Waals surface area contributed by atoms with Gasteiger partial charge in [0.05, 0.1) is 18.8 Å². The third-order valence-electron chi connectivity index (χ3n) is 3.92. The van der Waals surface area contributed by atoms with Crippen LogP contribution in [0.3, 0.4) is 0 Å². The van der Waals surface area contributed by atoms with Gasteiger partial charge in [0.1, 0.15) is 11.9 Å². The zero-order valence-electron chi connectivity index (χ0n) is 12.2. The second-order valence-corrected chi connectivity index (χ2v) is 5.35. The molecule has 1 aliphatic rings. The molecule has 1 aliphatic heterocycles. The number of hydrogen-bond acceptors (Lipinski definition) is 3. The van der Waals surface area contributed by atoms with Crippen LogP contribution >= 0.6 is 0 Å². The minimum atomic E-state index is -0.453. The minimum absolute atomic E-state index is 0.0561. The molecule has 0 N–H and O–H groups in total. The molecule has 2 atom stereocenters. The molecule has 0 saturated carbocycles. The lowest BCUT2D eigenvalue weighted by atomic mass is 10.0. The Kier molecular flexibility index (Phi) is 4.47. The molecule has 2 aromatic carbocycles. The lowest BCUT2D eigenvalue weighted by molar-refractivity contribution is -0.0383. The molecule has 4 heteroatoms. The van der Waals surface area contributed by atoms with Crippen molar-refractivity contribution in [1.82, 2.24) is 4.90 Å². The maximum atomic E-state index is 13.4. The van der Waals surface area contributed by atoms with Crippen LogP contribution < -0.4 is 0 Å². The Morgan fingerprint density at radius 2 is 2.00 bits per heavy atom. The molecule has 0 aromatic heterocycles. The first-order chi connectivity index (χ1) is 10.8. The molecule has 3 nitrogen and oxygen atoms in total. The first-order valence-corrected chi connectivity index (χ1v) is 7.33. The van der Waals surface area contributed by atoms with Crippen molar-refractivity contribution < 1.29 is 9.13 Å². The third-order valence-corrected chi connectivity index (χ3v) is 3.92. The molecule has 0 spiro atoms. The van der Waals surface area contributed by atoms with E-state index in [9.17, 15) is 9.65 Å². The highest BCUT2D eigenvalue weighted by molar-refractivity contribution is 5.26. The van der Waals surface area contributed by atoms with E-state index in [1.54, 1.807) is 12.1 Å². The average Bonchev–Trinajstić information content (AvgIpc) is 2.57. The van der Waals surface area contributed by atoms with Crippen LogP contribution in [0.5, 0.6) is 0 Å². The van der Waals surface area contributed by atoms with E-state index >= 15 is 0 Å². The van der Waals surface area contributed by atoms with E-state index in [0.29, 0.717) is 25.3 Å². The Balaban J connectivity index is 1.80. The number of halogens is 1. The molecule has 0 radical (unpaired) electrons. The summed E-state index contributed by atoms with van der Waals surface area (Å²) in [5, 5.41) is 9.52. The Labute approximate surface area is 129 Å². The van der Waals surface area contributed by atoms with Gasteiger partial charge in [0.25, 0.3) is 0 Å². The van der Waals surface area contributed by atoms with Gasteiger partial charge < -0.3 is 4.74 Å². The van der Waals surface area contributed by atoms with E-state index in [4.69, 9.17) is 4.74 Å². The zero-order valence-corrected chi connectivity index (χ0v) is 12.2. The minimum Gasteiger partial charge on any atom is -0.371 e. The molecule has 0 amide bonds. The van der Waals surface area contributed by atoms with Gasteiger partial charge in [-0.3, -0.25) is 4.90 Å². The third kappa shape index (κ3) is 3.16. The van der Waals surface area contributed by atoms with E-state index in [1.165, 1.54) is 12.1 Å². The summed E-state index contributed by atoms with van der Waals surface area (Å²) in [4.78, 5) is 2.05. The molecule has 2 aromatic rings. The van der Waals surface area contributed by atoms with Crippen molar-refractivity contribution in [3.05, 3.63) is 71.5 Å². The summed E-state index contributed by atoms with van der Waals surface area (Å²) in [5.74, 6) is -0.314. The van der Waals surface area contributed by atoms with Crippen LogP contribution in [-0.2, 0) is 4.74 Å². The SMILES string of the molecule is N#C[C@H](c1cccc(F)c1)N1CCO[C@H](c2ccccc2)C1. The van der Waals surface area contributed by atoms with Crippen LogP contribution in [0.2, 0.25) is 0 Å². The summed E-state index contributed by atoms with van der Waals surface area (Å²) in [6, 6.07) is 18.1. The lowest BCUT2D eigenvalue weighted by Gasteiger charge is -2.35. The second kappa shape index (κ2) is 6.69. The molecule has 3 rings (SSSR count). The highest BCUT2D eigenvalue weighted by Crippen LogP contribution is 2.28. The molecule has 112 valence electrons. The van der Waals surface area contributed by atoms with Gasteiger partial charge in [-0.15, -0.1) is 0 Å². The molecular weight excluding hydrogens is 279 g/mol. The normalized spacial score (nSPS) is 20.3. The Bertz CT molecular complexity index is 668. The van der Waals surface area contributed by atoms with Crippen molar-refractivity contribution in [2.24, 2.45) is 0 Å². The standard InChI is InChI=1S/C18H17FN2O/c19-16-8-4-7-15(11-16)17(12-20)21-9-10-22-18(13-21)14-5-2-1-3-6-14/h1-8,11,17-18H,9-10,13H2/t17-,18+/m1/s1. The topological polar surface area (TPSA) is 36.3 Å². The largest absolute Gasteiger partial charge is 0.371 e. The van der Waals surface area contributed by atoms with Crippen molar-refractivity contribution in [2.75, 3.05) is 19.7 Å². The summed E-state index contributed by atoms with van der Waals surface area (Å²) in [6.07, 6.45) is -0.0561. The van der Waals surface area contributed by atoms with Crippen molar-refractivity contribution in [1.29, 1.82) is 5.26 Å². The summed E-state index contributed by atoms with van der Waals surface area (Å²) in [6.45, 7) is 1.85. The van der Waals surface area contributed by atoms with Crippen LogP contribution in [0.1, 0.15) is 23.3 Å². The van der Waals surface area contributed by atoms with Crippen molar-refractivity contribution >= 4 is 0 Å². The Morgan fingerprint density at radius 1 is 1.18 bits per heavy atom. The fourth-order valence-electron chi connectivity index (χ4n) is 2.82. The van der Waals surface area contributed by atoms with Gasteiger partial charge in [-0.25, -0.2) is 4.39 Å². The van der Waals surface area contributed by atoms with Crippen LogP contribution in [0.15, 0.2) is 54.6 Å². The molecule has 0 aliphatic carbocycles. The first-order valence-electron chi connectivity index (χ1n) is 7.33. The molecular formula is C18H17FN2O. The van der Waals surface area contributed by atoms with Crippen molar-refractivity contribution in [3.8, 4) is 6.07 Å². The van der Waals surface area contributed by atoms with Gasteiger partial charge in [-0.2, -0.15) is 5.26 Å².